The van der Waals surface area contributed by atoms with E-state index >= 15 is 0 Å². The Morgan fingerprint density at radius 3 is 2.68 bits per heavy atom. The van der Waals surface area contributed by atoms with Crippen LogP contribution < -0.4 is 20.3 Å². The smallest absolute Gasteiger partial charge is 0.247 e. The number of nitrogens with one attached hydrogen (secondary N) is 2. The summed E-state index contributed by atoms with van der Waals surface area (Å²) in [5.74, 6) is 1.85. The maximum atomic E-state index is 12.2. The first-order chi connectivity index (χ1) is 18.4. The molecule has 3 aromatic rings. The zero-order valence-corrected chi connectivity index (χ0v) is 22.3. The number of amides is 1. The van der Waals surface area contributed by atoms with Gasteiger partial charge in [0.15, 0.2) is 5.82 Å². The van der Waals surface area contributed by atoms with E-state index in [0.29, 0.717) is 48.0 Å². The van der Waals surface area contributed by atoms with Gasteiger partial charge >= 0.3 is 0 Å². The topological polar surface area (TPSA) is 110 Å². The molecule has 3 heterocycles. The molecule has 1 amide bonds. The van der Waals surface area contributed by atoms with Crippen molar-refractivity contribution in [1.82, 2.24) is 24.6 Å². The average molecular weight is 519 g/mol. The molecule has 11 nitrogen and oxygen atoms in total. The van der Waals surface area contributed by atoms with Gasteiger partial charge in [-0.15, -0.1) is 0 Å². The number of carbonyl (C=O) groups excluding carboxylic acids is 1. The Balaban J connectivity index is 1.46. The molecule has 1 saturated carbocycles. The van der Waals surface area contributed by atoms with Gasteiger partial charge in [-0.2, -0.15) is 10.1 Å². The van der Waals surface area contributed by atoms with Gasteiger partial charge in [0, 0.05) is 49.6 Å². The van der Waals surface area contributed by atoms with Crippen LogP contribution in [0.15, 0.2) is 43.2 Å². The van der Waals surface area contributed by atoms with Crippen molar-refractivity contribution in [2.24, 2.45) is 0 Å². The van der Waals surface area contributed by atoms with Crippen molar-refractivity contribution in [3.05, 3.63) is 54.5 Å². The molecule has 2 N–H and O–H groups in total. The molecule has 2 aromatic heterocycles. The molecule has 5 rings (SSSR count). The highest BCUT2D eigenvalue weighted by Crippen LogP contribution is 2.41. The molecule has 11 heteroatoms. The fourth-order valence-electron chi connectivity index (χ4n) is 4.42. The second kappa shape index (κ2) is 10.8. The zero-order chi connectivity index (χ0) is 26.8. The SMILES string of the molecule is C=CC(=O)Nc1cc(Nc2nccc(-n3cc(CN(C)C)c(C4CC4)n3)n2)c(OC)cc1N(C)C1COC1. The van der Waals surface area contributed by atoms with Crippen LogP contribution in [0, 0.1) is 0 Å². The van der Waals surface area contributed by atoms with Crippen LogP contribution in [-0.2, 0) is 16.1 Å². The quantitative estimate of drug-likeness (QED) is 0.370. The number of likely N-dealkylation sites (N-methyl/N-ethyl adjacent to an activating group) is 1. The summed E-state index contributed by atoms with van der Waals surface area (Å²) in [6.45, 7) is 5.65. The molecule has 38 heavy (non-hydrogen) atoms. The van der Waals surface area contributed by atoms with Gasteiger partial charge in [-0.3, -0.25) is 4.79 Å². The van der Waals surface area contributed by atoms with E-state index in [4.69, 9.17) is 19.6 Å². The summed E-state index contributed by atoms with van der Waals surface area (Å²) in [5, 5.41) is 11.0. The molecule has 0 radical (unpaired) electrons. The van der Waals surface area contributed by atoms with E-state index in [9.17, 15) is 4.79 Å². The van der Waals surface area contributed by atoms with Crippen LogP contribution in [-0.4, -0.2) is 78.1 Å². The zero-order valence-electron chi connectivity index (χ0n) is 22.3. The predicted molar refractivity (Wildman–Crippen MR) is 147 cm³/mol. The predicted octanol–water partition coefficient (Wildman–Crippen LogP) is 3.31. The maximum absolute atomic E-state index is 12.2. The van der Waals surface area contributed by atoms with Gasteiger partial charge in [0.1, 0.15) is 5.75 Å². The number of methoxy groups -OCH3 is 1. The largest absolute Gasteiger partial charge is 0.494 e. The molecule has 0 spiro atoms. The van der Waals surface area contributed by atoms with Gasteiger partial charge in [-0.05, 0) is 39.1 Å². The highest BCUT2D eigenvalue weighted by Gasteiger charge is 2.30. The second-order valence-electron chi connectivity index (χ2n) is 9.92. The Labute approximate surface area is 222 Å². The third-order valence-electron chi connectivity index (χ3n) is 6.70. The molecular weight excluding hydrogens is 484 g/mol. The van der Waals surface area contributed by atoms with Crippen LogP contribution >= 0.6 is 0 Å². The molecule has 2 aliphatic rings. The van der Waals surface area contributed by atoms with E-state index in [2.05, 4.69) is 52.3 Å². The molecule has 0 unspecified atom stereocenters. The molecule has 1 aliphatic heterocycles. The first kappa shape index (κ1) is 25.7. The summed E-state index contributed by atoms with van der Waals surface area (Å²) in [6, 6.07) is 5.74. The van der Waals surface area contributed by atoms with E-state index in [-0.39, 0.29) is 11.9 Å². The van der Waals surface area contributed by atoms with Gasteiger partial charge in [0.05, 0.1) is 49.1 Å². The van der Waals surface area contributed by atoms with Gasteiger partial charge in [0.2, 0.25) is 11.9 Å². The van der Waals surface area contributed by atoms with Crippen LogP contribution in [0.25, 0.3) is 5.82 Å². The minimum Gasteiger partial charge on any atom is -0.494 e. The van der Waals surface area contributed by atoms with Crippen molar-refractivity contribution in [1.29, 1.82) is 0 Å². The highest BCUT2D eigenvalue weighted by atomic mass is 16.5. The van der Waals surface area contributed by atoms with Gasteiger partial charge in [-0.25, -0.2) is 9.67 Å². The summed E-state index contributed by atoms with van der Waals surface area (Å²) in [6.07, 6.45) is 7.35. The van der Waals surface area contributed by atoms with Crippen molar-refractivity contribution in [3.63, 3.8) is 0 Å². The van der Waals surface area contributed by atoms with E-state index < -0.39 is 0 Å². The van der Waals surface area contributed by atoms with E-state index in [1.54, 1.807) is 13.3 Å². The Morgan fingerprint density at radius 2 is 2.05 bits per heavy atom. The van der Waals surface area contributed by atoms with Crippen molar-refractivity contribution >= 4 is 28.9 Å². The Bertz CT molecular complexity index is 1330. The van der Waals surface area contributed by atoms with Crippen molar-refractivity contribution < 1.29 is 14.3 Å². The lowest BCUT2D eigenvalue weighted by Crippen LogP contribution is -2.47. The van der Waals surface area contributed by atoms with Gasteiger partial charge in [0.25, 0.3) is 0 Å². The first-order valence-electron chi connectivity index (χ1n) is 12.7. The number of hydrogen-bond donors (Lipinski definition) is 2. The summed E-state index contributed by atoms with van der Waals surface area (Å²) in [5.41, 5.74) is 4.39. The highest BCUT2D eigenvalue weighted by molar-refractivity contribution is 6.02. The summed E-state index contributed by atoms with van der Waals surface area (Å²) in [7, 11) is 7.69. The fraction of sp³-hybridized carbons (Fsp3) is 0.407. The molecule has 0 bridgehead atoms. The van der Waals surface area contributed by atoms with Crippen LogP contribution in [0.1, 0.15) is 30.0 Å². The van der Waals surface area contributed by atoms with Gasteiger partial charge in [-0.1, -0.05) is 6.58 Å². The first-order valence-corrected chi connectivity index (χ1v) is 12.7. The van der Waals surface area contributed by atoms with Crippen molar-refractivity contribution in [3.8, 4) is 11.6 Å². The fourth-order valence-corrected chi connectivity index (χ4v) is 4.42. The number of aromatic nitrogens is 4. The Morgan fingerprint density at radius 1 is 1.26 bits per heavy atom. The minimum absolute atomic E-state index is 0.213. The van der Waals surface area contributed by atoms with Crippen LogP contribution in [0.2, 0.25) is 0 Å². The third kappa shape index (κ3) is 5.48. The number of ether oxygens (including phenoxy) is 2. The number of hydrogen-bond acceptors (Lipinski definition) is 9. The normalized spacial score (nSPS) is 15.2. The second-order valence-corrected chi connectivity index (χ2v) is 9.92. The molecule has 2 fully saturated rings. The number of carbonyl (C=O) groups is 1. The molecule has 1 saturated heterocycles. The third-order valence-corrected chi connectivity index (χ3v) is 6.70. The summed E-state index contributed by atoms with van der Waals surface area (Å²) in [4.78, 5) is 25.6. The lowest BCUT2D eigenvalue weighted by molar-refractivity contribution is -0.111. The van der Waals surface area contributed by atoms with E-state index in [0.717, 1.165) is 17.9 Å². The molecule has 0 atom stereocenters. The monoisotopic (exact) mass is 518 g/mol. The summed E-state index contributed by atoms with van der Waals surface area (Å²) < 4.78 is 12.9. The Kier molecular flexibility index (Phi) is 7.30. The molecular formula is C27H34N8O3. The molecule has 200 valence electrons. The minimum atomic E-state index is -0.308. The van der Waals surface area contributed by atoms with Crippen LogP contribution in [0.5, 0.6) is 5.75 Å². The number of rotatable bonds is 11. The van der Waals surface area contributed by atoms with Crippen LogP contribution in [0.4, 0.5) is 23.0 Å². The summed E-state index contributed by atoms with van der Waals surface area (Å²) >= 11 is 0. The van der Waals surface area contributed by atoms with Crippen LogP contribution in [0.3, 0.4) is 0 Å². The van der Waals surface area contributed by atoms with Crippen molar-refractivity contribution in [2.45, 2.75) is 31.3 Å². The standard InChI is InChI=1S/C27H34N8O3/c1-6-25(36)29-20-11-21(23(37-5)12-22(20)34(4)19-15-38-16-19)30-27-28-10-9-24(31-27)35-14-18(13-33(2)3)26(32-35)17-7-8-17/h6,9-12,14,17,19H,1,7-8,13,15-16H2,2-5H3,(H,29,36)(H,28,30,31). The molecule has 1 aliphatic carbocycles. The molecule has 1 aromatic carbocycles. The van der Waals surface area contributed by atoms with Crippen molar-refractivity contribution in [2.75, 3.05) is 57.0 Å². The lowest BCUT2D eigenvalue weighted by atomic mass is 10.1. The lowest BCUT2D eigenvalue weighted by Gasteiger charge is -2.37. The van der Waals surface area contributed by atoms with E-state index in [1.807, 2.05) is 29.9 Å². The maximum Gasteiger partial charge on any atom is 0.247 e. The van der Waals surface area contributed by atoms with Gasteiger partial charge < -0.3 is 29.9 Å². The average Bonchev–Trinajstić information content (AvgIpc) is 3.62. The number of anilines is 4. The number of nitrogens with zero attached hydrogens (tertiary/aromatic N) is 6. The number of benzene rings is 1. The van der Waals surface area contributed by atoms with E-state index in [1.165, 1.54) is 24.5 Å². The Hall–Kier alpha value is -3.96.